The van der Waals surface area contributed by atoms with Crippen molar-refractivity contribution in [1.82, 2.24) is 4.90 Å². The van der Waals surface area contributed by atoms with E-state index in [-0.39, 0.29) is 18.3 Å². The number of carbonyl (C=O) groups is 1. The number of aromatic hydroxyl groups is 1. The molecule has 9 heteroatoms. The molecule has 0 radical (unpaired) electrons. The van der Waals surface area contributed by atoms with Crippen LogP contribution in [0.3, 0.4) is 0 Å². The van der Waals surface area contributed by atoms with Gasteiger partial charge in [-0.05, 0) is 61.2 Å². The van der Waals surface area contributed by atoms with Gasteiger partial charge in [-0.3, -0.25) is 14.5 Å². The van der Waals surface area contributed by atoms with Crippen molar-refractivity contribution in [2.45, 2.75) is 51.8 Å². The number of ether oxygens (including phenoxy) is 4. The number of carbonyl (C=O) groups excluding carboxylic acids is 1. The van der Waals surface area contributed by atoms with E-state index in [1.165, 1.54) is 18.7 Å². The van der Waals surface area contributed by atoms with Gasteiger partial charge >= 0.3 is 5.97 Å². The van der Waals surface area contributed by atoms with Gasteiger partial charge in [-0.1, -0.05) is 12.1 Å². The lowest BCUT2D eigenvalue weighted by atomic mass is 9.92. The third kappa shape index (κ3) is 6.54. The minimum atomic E-state index is -0.725. The summed E-state index contributed by atoms with van der Waals surface area (Å²) in [4.78, 5) is 27.3. The van der Waals surface area contributed by atoms with Crippen molar-refractivity contribution in [3.05, 3.63) is 80.9 Å². The number of nitrogens with zero attached hydrogens (tertiary/aromatic N) is 1. The Morgan fingerprint density at radius 3 is 2.31 bits per heavy atom. The van der Waals surface area contributed by atoms with Gasteiger partial charge in [0.1, 0.15) is 11.5 Å². The maximum atomic E-state index is 12.8. The Morgan fingerprint density at radius 2 is 1.69 bits per heavy atom. The highest BCUT2D eigenvalue weighted by atomic mass is 16.5. The summed E-state index contributed by atoms with van der Waals surface area (Å²) in [7, 11) is 4.52. The fourth-order valence-electron chi connectivity index (χ4n) is 4.83. The summed E-state index contributed by atoms with van der Waals surface area (Å²) in [6.07, 6.45) is 0.686. The smallest absolute Gasteiger partial charge is 0.306 e. The first-order chi connectivity index (χ1) is 18.7. The third-order valence-corrected chi connectivity index (χ3v) is 6.75. The standard InChI is InChI=1S/C30H35NO8/c1-18(2)38-22-8-6-19(7-9-22)24(15-28(33)37-5)30-29(34)25(32)14-23(39-30)17-31-11-10-20-12-26(35-3)27(36-4)13-21(20)16-31/h6-9,12-14,18,24,34H,10-11,15-17H2,1-5H3. The summed E-state index contributed by atoms with van der Waals surface area (Å²) in [5, 5.41) is 10.7. The minimum Gasteiger partial charge on any atom is -0.502 e. The lowest BCUT2D eigenvalue weighted by molar-refractivity contribution is -0.140. The zero-order valence-corrected chi connectivity index (χ0v) is 23.0. The highest BCUT2D eigenvalue weighted by Crippen LogP contribution is 2.36. The molecule has 4 rings (SSSR count). The highest BCUT2D eigenvalue weighted by molar-refractivity contribution is 5.71. The van der Waals surface area contributed by atoms with E-state index in [1.54, 1.807) is 38.5 Å². The molecular weight excluding hydrogens is 502 g/mol. The maximum absolute atomic E-state index is 12.8. The number of benzene rings is 2. The quantitative estimate of drug-likeness (QED) is 0.377. The minimum absolute atomic E-state index is 0.00494. The van der Waals surface area contributed by atoms with Crippen LogP contribution >= 0.6 is 0 Å². The second-order valence-electron chi connectivity index (χ2n) is 9.79. The molecule has 208 valence electrons. The summed E-state index contributed by atoms with van der Waals surface area (Å²) >= 11 is 0. The van der Waals surface area contributed by atoms with Crippen molar-refractivity contribution >= 4 is 5.97 Å². The molecule has 0 aliphatic carbocycles. The largest absolute Gasteiger partial charge is 0.502 e. The monoisotopic (exact) mass is 537 g/mol. The summed E-state index contributed by atoms with van der Waals surface area (Å²) in [6.45, 7) is 5.58. The van der Waals surface area contributed by atoms with Crippen LogP contribution in [0.5, 0.6) is 23.0 Å². The van der Waals surface area contributed by atoms with Crippen molar-refractivity contribution < 1.29 is 33.3 Å². The summed E-state index contributed by atoms with van der Waals surface area (Å²) in [5.74, 6) is 0.714. The van der Waals surface area contributed by atoms with Gasteiger partial charge in [-0.2, -0.15) is 0 Å². The first-order valence-corrected chi connectivity index (χ1v) is 12.9. The van der Waals surface area contributed by atoms with Gasteiger partial charge < -0.3 is 28.5 Å². The van der Waals surface area contributed by atoms with Crippen LogP contribution in [0.1, 0.15) is 54.4 Å². The molecule has 0 saturated carbocycles. The number of hydrogen-bond donors (Lipinski definition) is 1. The van der Waals surface area contributed by atoms with E-state index in [9.17, 15) is 14.7 Å². The van der Waals surface area contributed by atoms with Gasteiger partial charge in [0, 0.05) is 19.2 Å². The average molecular weight is 538 g/mol. The molecular formula is C30H35NO8. The molecule has 3 aromatic rings. The average Bonchev–Trinajstić information content (AvgIpc) is 2.93. The van der Waals surface area contributed by atoms with E-state index >= 15 is 0 Å². The Bertz CT molecular complexity index is 1360. The first kappa shape index (κ1) is 28.0. The molecule has 1 aromatic heterocycles. The summed E-state index contributed by atoms with van der Waals surface area (Å²) in [6, 6.07) is 12.4. The Labute approximate surface area is 227 Å². The second-order valence-corrected chi connectivity index (χ2v) is 9.79. The van der Waals surface area contributed by atoms with E-state index in [4.69, 9.17) is 23.4 Å². The van der Waals surface area contributed by atoms with Crippen LogP contribution in [0.25, 0.3) is 0 Å². The zero-order chi connectivity index (χ0) is 28.1. The van der Waals surface area contributed by atoms with Gasteiger partial charge in [0.05, 0.1) is 46.3 Å². The number of hydrogen-bond acceptors (Lipinski definition) is 9. The van der Waals surface area contributed by atoms with Gasteiger partial charge in [0.2, 0.25) is 11.2 Å². The van der Waals surface area contributed by atoms with Crippen molar-refractivity contribution in [2.75, 3.05) is 27.9 Å². The fraction of sp³-hybridized carbons (Fsp3) is 0.400. The van der Waals surface area contributed by atoms with Crippen LogP contribution in [0.4, 0.5) is 0 Å². The second kappa shape index (κ2) is 12.3. The molecule has 1 atom stereocenters. The summed E-state index contributed by atoms with van der Waals surface area (Å²) in [5.41, 5.74) is 2.40. The van der Waals surface area contributed by atoms with E-state index in [0.29, 0.717) is 41.7 Å². The molecule has 39 heavy (non-hydrogen) atoms. The highest BCUT2D eigenvalue weighted by Gasteiger charge is 2.28. The predicted octanol–water partition coefficient (Wildman–Crippen LogP) is 4.40. The van der Waals surface area contributed by atoms with E-state index < -0.39 is 23.1 Å². The lowest BCUT2D eigenvalue weighted by Gasteiger charge is -2.29. The van der Waals surface area contributed by atoms with Crippen molar-refractivity contribution in [3.63, 3.8) is 0 Å². The van der Waals surface area contributed by atoms with Crippen LogP contribution in [-0.2, 0) is 29.0 Å². The number of methoxy groups -OCH3 is 3. The molecule has 1 unspecified atom stereocenters. The Balaban J connectivity index is 1.63. The molecule has 0 fully saturated rings. The van der Waals surface area contributed by atoms with E-state index in [1.807, 2.05) is 26.0 Å². The number of rotatable bonds is 10. The molecule has 1 aliphatic rings. The molecule has 0 spiro atoms. The Morgan fingerprint density at radius 1 is 1.03 bits per heavy atom. The van der Waals surface area contributed by atoms with Crippen molar-refractivity contribution in [2.24, 2.45) is 0 Å². The van der Waals surface area contributed by atoms with Gasteiger partial charge in [-0.15, -0.1) is 0 Å². The molecule has 0 saturated heterocycles. The summed E-state index contributed by atoms with van der Waals surface area (Å²) < 4.78 is 27.6. The molecule has 1 N–H and O–H groups in total. The molecule has 2 aromatic carbocycles. The van der Waals surface area contributed by atoms with Crippen molar-refractivity contribution in [3.8, 4) is 23.0 Å². The Hall–Kier alpha value is -3.98. The van der Waals surface area contributed by atoms with Crippen LogP contribution in [0.15, 0.2) is 51.7 Å². The molecule has 1 aliphatic heterocycles. The van der Waals surface area contributed by atoms with E-state index in [2.05, 4.69) is 4.90 Å². The van der Waals surface area contributed by atoms with Crippen LogP contribution in [0.2, 0.25) is 0 Å². The van der Waals surface area contributed by atoms with Crippen LogP contribution in [-0.4, -0.2) is 50.0 Å². The maximum Gasteiger partial charge on any atom is 0.306 e. The van der Waals surface area contributed by atoms with Crippen molar-refractivity contribution in [1.29, 1.82) is 0 Å². The molecule has 0 bridgehead atoms. The van der Waals surface area contributed by atoms with Gasteiger partial charge in [-0.25, -0.2) is 0 Å². The van der Waals surface area contributed by atoms with Crippen LogP contribution in [0, 0.1) is 0 Å². The topological polar surface area (TPSA) is 108 Å². The lowest BCUT2D eigenvalue weighted by Crippen LogP contribution is -2.30. The molecule has 0 amide bonds. The normalized spacial score (nSPS) is 14.0. The first-order valence-electron chi connectivity index (χ1n) is 12.9. The fourth-order valence-corrected chi connectivity index (χ4v) is 4.83. The number of fused-ring (bicyclic) bond motifs is 1. The Kier molecular flexibility index (Phi) is 8.81. The van der Waals surface area contributed by atoms with Crippen LogP contribution < -0.4 is 19.6 Å². The molecule has 2 heterocycles. The van der Waals surface area contributed by atoms with Gasteiger partial charge in [0.25, 0.3) is 0 Å². The molecule has 9 nitrogen and oxygen atoms in total. The SMILES string of the molecule is COC(=O)CC(c1ccc(OC(C)C)cc1)c1oc(CN2CCc3cc(OC)c(OC)cc3C2)cc(=O)c1O. The third-order valence-electron chi connectivity index (χ3n) is 6.75. The zero-order valence-electron chi connectivity index (χ0n) is 23.0. The van der Waals surface area contributed by atoms with Gasteiger partial charge in [0.15, 0.2) is 17.3 Å². The van der Waals surface area contributed by atoms with E-state index in [0.717, 1.165) is 18.5 Å². The number of esters is 1. The predicted molar refractivity (Wildman–Crippen MR) is 145 cm³/mol.